The van der Waals surface area contributed by atoms with Crippen molar-refractivity contribution in [2.45, 2.75) is 59.2 Å². The molecule has 3 rings (SSSR count). The van der Waals surface area contributed by atoms with Crippen molar-refractivity contribution >= 4 is 15.9 Å². The lowest BCUT2D eigenvalue weighted by molar-refractivity contribution is -0.0798. The first-order chi connectivity index (χ1) is 9.88. The number of halogens is 1. The summed E-state index contributed by atoms with van der Waals surface area (Å²) in [7, 11) is 0. The van der Waals surface area contributed by atoms with Crippen LogP contribution in [0, 0.1) is 23.7 Å². The first-order valence-electron chi connectivity index (χ1n) is 8.16. The van der Waals surface area contributed by atoms with Crippen LogP contribution in [0.2, 0.25) is 0 Å². The maximum atomic E-state index is 6.61. The molecule has 1 aromatic rings. The molecule has 2 heteroatoms. The summed E-state index contributed by atoms with van der Waals surface area (Å²) < 4.78 is 6.61. The number of benzene rings is 1. The second kappa shape index (κ2) is 5.38. The highest BCUT2D eigenvalue weighted by molar-refractivity contribution is 9.09. The Hall–Kier alpha value is -0.340. The molecular weight excluding hydrogens is 324 g/mol. The Morgan fingerprint density at radius 1 is 1.24 bits per heavy atom. The zero-order valence-electron chi connectivity index (χ0n) is 13.7. The maximum Gasteiger partial charge on any atom is 0.0925 e. The molecule has 21 heavy (non-hydrogen) atoms. The average Bonchev–Trinajstić information content (AvgIpc) is 2.79. The largest absolute Gasteiger partial charge is 0.369 e. The molecule has 2 aliphatic carbocycles. The fourth-order valence-corrected chi connectivity index (χ4v) is 5.05. The van der Waals surface area contributed by atoms with Crippen molar-refractivity contribution in [3.63, 3.8) is 0 Å². The van der Waals surface area contributed by atoms with Crippen LogP contribution in [0.1, 0.15) is 57.3 Å². The van der Waals surface area contributed by atoms with Crippen molar-refractivity contribution in [1.29, 1.82) is 0 Å². The van der Waals surface area contributed by atoms with Gasteiger partial charge in [0.2, 0.25) is 0 Å². The van der Waals surface area contributed by atoms with Crippen molar-refractivity contribution < 1.29 is 4.74 Å². The minimum Gasteiger partial charge on any atom is -0.369 e. The van der Waals surface area contributed by atoms with Crippen LogP contribution in [0.15, 0.2) is 24.3 Å². The number of hydrogen-bond donors (Lipinski definition) is 0. The molecule has 2 aliphatic rings. The van der Waals surface area contributed by atoms with E-state index in [1.54, 1.807) is 0 Å². The van der Waals surface area contributed by atoms with Gasteiger partial charge in [0, 0.05) is 5.33 Å². The van der Waals surface area contributed by atoms with E-state index in [1.165, 1.54) is 30.4 Å². The van der Waals surface area contributed by atoms with Gasteiger partial charge in [0.25, 0.3) is 0 Å². The van der Waals surface area contributed by atoms with Crippen LogP contribution >= 0.6 is 15.9 Å². The molecular formula is C19H27BrO. The number of fused-ring (bicyclic) bond motifs is 2. The van der Waals surface area contributed by atoms with Gasteiger partial charge in [0.05, 0.1) is 12.2 Å². The second-order valence-electron chi connectivity index (χ2n) is 7.79. The minimum absolute atomic E-state index is 0.169. The van der Waals surface area contributed by atoms with Gasteiger partial charge < -0.3 is 4.74 Å². The van der Waals surface area contributed by atoms with Crippen LogP contribution in [0.25, 0.3) is 0 Å². The van der Waals surface area contributed by atoms with E-state index in [9.17, 15) is 0 Å². The van der Waals surface area contributed by atoms with Crippen molar-refractivity contribution in [1.82, 2.24) is 0 Å². The van der Waals surface area contributed by atoms with Crippen molar-refractivity contribution in [3.05, 3.63) is 35.4 Å². The van der Waals surface area contributed by atoms with Crippen LogP contribution in [0.3, 0.4) is 0 Å². The van der Waals surface area contributed by atoms with Gasteiger partial charge in [-0.3, -0.25) is 0 Å². The standard InChI is InChI=1S/C19H27BrO/c1-13-5-7-14(8-6-13)16(12-20)21-17-11-15-9-10-19(17,4)18(15,2)3/h5-8,15-17H,9-12H2,1-4H3. The number of aryl methyl sites for hydroxylation is 1. The van der Waals surface area contributed by atoms with Gasteiger partial charge in [-0.25, -0.2) is 0 Å². The van der Waals surface area contributed by atoms with E-state index >= 15 is 0 Å². The van der Waals surface area contributed by atoms with E-state index < -0.39 is 0 Å². The molecule has 0 aromatic heterocycles. The van der Waals surface area contributed by atoms with Gasteiger partial charge in [0.15, 0.2) is 0 Å². The van der Waals surface area contributed by atoms with Gasteiger partial charge >= 0.3 is 0 Å². The molecule has 0 aliphatic heterocycles. The second-order valence-corrected chi connectivity index (χ2v) is 8.44. The maximum absolute atomic E-state index is 6.61. The third-order valence-corrected chi connectivity index (χ3v) is 7.22. The Labute approximate surface area is 137 Å². The van der Waals surface area contributed by atoms with E-state index in [2.05, 4.69) is 67.9 Å². The molecule has 116 valence electrons. The van der Waals surface area contributed by atoms with E-state index in [0.717, 1.165) is 11.2 Å². The summed E-state index contributed by atoms with van der Waals surface area (Å²) in [4.78, 5) is 0. The third-order valence-electron chi connectivity index (χ3n) is 6.63. The van der Waals surface area contributed by atoms with Gasteiger partial charge in [-0.2, -0.15) is 0 Å². The Bertz CT molecular complexity index is 507. The molecule has 1 nitrogen and oxygen atoms in total. The van der Waals surface area contributed by atoms with Crippen LogP contribution in [0.4, 0.5) is 0 Å². The monoisotopic (exact) mass is 350 g/mol. The normalized spacial score (nSPS) is 35.1. The number of rotatable bonds is 4. The fourth-order valence-electron chi connectivity index (χ4n) is 4.52. The average molecular weight is 351 g/mol. The topological polar surface area (TPSA) is 9.23 Å². The fraction of sp³-hybridized carbons (Fsp3) is 0.684. The molecule has 2 bridgehead atoms. The van der Waals surface area contributed by atoms with Crippen molar-refractivity contribution in [3.8, 4) is 0 Å². The van der Waals surface area contributed by atoms with Gasteiger partial charge in [-0.1, -0.05) is 66.5 Å². The molecule has 0 spiro atoms. The van der Waals surface area contributed by atoms with Crippen molar-refractivity contribution in [2.75, 3.05) is 5.33 Å². The lowest BCUT2D eigenvalue weighted by Crippen LogP contribution is -2.38. The lowest BCUT2D eigenvalue weighted by atomic mass is 9.70. The first-order valence-corrected chi connectivity index (χ1v) is 9.28. The molecule has 0 radical (unpaired) electrons. The van der Waals surface area contributed by atoms with Crippen LogP contribution in [-0.4, -0.2) is 11.4 Å². The SMILES string of the molecule is Cc1ccc(C(CBr)OC2CC3CCC2(C)C3(C)C)cc1. The quantitative estimate of drug-likeness (QED) is 0.636. The summed E-state index contributed by atoms with van der Waals surface area (Å²) in [6.07, 6.45) is 4.50. The summed E-state index contributed by atoms with van der Waals surface area (Å²) in [5.41, 5.74) is 3.35. The molecule has 4 unspecified atom stereocenters. The highest BCUT2D eigenvalue weighted by Gasteiger charge is 2.62. The summed E-state index contributed by atoms with van der Waals surface area (Å²) in [5, 5.41) is 0.869. The van der Waals surface area contributed by atoms with E-state index in [-0.39, 0.29) is 6.10 Å². The van der Waals surface area contributed by atoms with Crippen LogP contribution in [-0.2, 0) is 4.74 Å². The molecule has 2 saturated carbocycles. The molecule has 4 atom stereocenters. The predicted octanol–water partition coefficient (Wildman–Crippen LogP) is 5.66. The Kier molecular flexibility index (Phi) is 3.99. The highest BCUT2D eigenvalue weighted by atomic mass is 79.9. The number of hydrogen-bond acceptors (Lipinski definition) is 1. The summed E-state index contributed by atoms with van der Waals surface area (Å²) in [6.45, 7) is 9.48. The Morgan fingerprint density at radius 2 is 1.90 bits per heavy atom. The molecule has 0 heterocycles. The van der Waals surface area contributed by atoms with E-state index in [4.69, 9.17) is 4.74 Å². The number of alkyl halides is 1. The molecule has 0 saturated heterocycles. The van der Waals surface area contributed by atoms with Gasteiger partial charge in [-0.15, -0.1) is 0 Å². The Morgan fingerprint density at radius 3 is 2.38 bits per heavy atom. The van der Waals surface area contributed by atoms with Crippen molar-refractivity contribution in [2.24, 2.45) is 16.7 Å². The minimum atomic E-state index is 0.169. The summed E-state index contributed by atoms with van der Waals surface area (Å²) in [6, 6.07) is 8.78. The molecule has 1 aromatic carbocycles. The van der Waals surface area contributed by atoms with Crippen LogP contribution < -0.4 is 0 Å². The number of ether oxygens (including phenoxy) is 1. The Balaban J connectivity index is 1.78. The summed E-state index contributed by atoms with van der Waals surface area (Å²) >= 11 is 3.65. The molecule has 2 fully saturated rings. The van der Waals surface area contributed by atoms with E-state index in [1.807, 2.05) is 0 Å². The molecule has 0 amide bonds. The molecule has 0 N–H and O–H groups in total. The summed E-state index contributed by atoms with van der Waals surface area (Å²) in [5.74, 6) is 0.835. The lowest BCUT2D eigenvalue weighted by Gasteiger charge is -2.40. The highest BCUT2D eigenvalue weighted by Crippen LogP contribution is 2.66. The van der Waals surface area contributed by atoms with Crippen LogP contribution in [0.5, 0.6) is 0 Å². The smallest absolute Gasteiger partial charge is 0.0925 e. The first kappa shape index (κ1) is 15.6. The van der Waals surface area contributed by atoms with E-state index in [0.29, 0.717) is 16.9 Å². The predicted molar refractivity (Wildman–Crippen MR) is 91.8 cm³/mol. The van der Waals surface area contributed by atoms with Gasteiger partial charge in [-0.05, 0) is 48.5 Å². The van der Waals surface area contributed by atoms with Gasteiger partial charge in [0.1, 0.15) is 0 Å². The third kappa shape index (κ3) is 2.39. The zero-order valence-corrected chi connectivity index (χ0v) is 15.2. The zero-order chi connectivity index (χ0) is 15.3.